The van der Waals surface area contributed by atoms with Crippen molar-refractivity contribution in [2.24, 2.45) is 16.6 Å². The summed E-state index contributed by atoms with van der Waals surface area (Å²) in [5, 5.41) is 0. The molecule has 0 amide bonds. The van der Waals surface area contributed by atoms with Crippen LogP contribution in [0.4, 0.5) is 0 Å². The molecule has 122 valence electrons. The predicted octanol–water partition coefficient (Wildman–Crippen LogP) is 2.51. The van der Waals surface area contributed by atoms with Crippen LogP contribution < -0.4 is 15.2 Å². The van der Waals surface area contributed by atoms with Crippen LogP contribution in [-0.4, -0.2) is 43.7 Å². The zero-order chi connectivity index (χ0) is 15.9. The van der Waals surface area contributed by atoms with Gasteiger partial charge in [-0.2, -0.15) is 0 Å². The normalized spacial score (nSPS) is 20.6. The Morgan fingerprint density at radius 2 is 2.14 bits per heavy atom. The van der Waals surface area contributed by atoms with E-state index in [1.54, 1.807) is 7.11 Å². The van der Waals surface area contributed by atoms with Crippen molar-refractivity contribution in [1.82, 2.24) is 4.90 Å². The smallest absolute Gasteiger partial charge is 0.191 e. The Hall–Kier alpha value is -1.91. The van der Waals surface area contributed by atoms with E-state index in [0.717, 1.165) is 24.6 Å². The molecule has 0 aliphatic carbocycles. The summed E-state index contributed by atoms with van der Waals surface area (Å²) in [6.45, 7) is 6.78. The van der Waals surface area contributed by atoms with E-state index in [-0.39, 0.29) is 6.10 Å². The second-order valence-electron chi connectivity index (χ2n) is 5.97. The summed E-state index contributed by atoms with van der Waals surface area (Å²) in [5.41, 5.74) is 6.10. The number of para-hydroxylation sites is 2. The molecule has 1 aromatic carbocycles. The highest BCUT2D eigenvalue weighted by molar-refractivity contribution is 5.78. The number of nitrogens with two attached hydrogens (primary N) is 1. The van der Waals surface area contributed by atoms with Crippen LogP contribution in [0.15, 0.2) is 29.3 Å². The maximum Gasteiger partial charge on any atom is 0.191 e. The fourth-order valence-electron chi connectivity index (χ4n) is 2.69. The van der Waals surface area contributed by atoms with Crippen molar-refractivity contribution in [3.05, 3.63) is 24.3 Å². The number of ether oxygens (including phenoxy) is 2. The minimum absolute atomic E-state index is 0.0583. The Labute approximate surface area is 133 Å². The number of likely N-dealkylation sites (tertiary alicyclic amines) is 1. The van der Waals surface area contributed by atoms with Crippen molar-refractivity contribution in [3.8, 4) is 11.5 Å². The topological polar surface area (TPSA) is 60.1 Å². The summed E-state index contributed by atoms with van der Waals surface area (Å²) in [4.78, 5) is 6.66. The highest BCUT2D eigenvalue weighted by atomic mass is 16.5. The average molecular weight is 305 g/mol. The van der Waals surface area contributed by atoms with Gasteiger partial charge in [-0.15, -0.1) is 0 Å². The molecule has 2 atom stereocenters. The van der Waals surface area contributed by atoms with Crippen LogP contribution in [0.2, 0.25) is 0 Å². The molecule has 2 rings (SSSR count). The van der Waals surface area contributed by atoms with E-state index < -0.39 is 0 Å². The first-order chi connectivity index (χ1) is 10.6. The number of hydrogen-bond acceptors (Lipinski definition) is 3. The molecule has 1 heterocycles. The van der Waals surface area contributed by atoms with Gasteiger partial charge in [0.15, 0.2) is 17.5 Å². The maximum atomic E-state index is 6.10. The summed E-state index contributed by atoms with van der Waals surface area (Å²) in [5.74, 6) is 2.78. The van der Waals surface area contributed by atoms with Crippen molar-refractivity contribution in [2.45, 2.75) is 32.8 Å². The summed E-state index contributed by atoms with van der Waals surface area (Å²) in [7, 11) is 1.64. The third-order valence-electron chi connectivity index (χ3n) is 3.89. The zero-order valence-corrected chi connectivity index (χ0v) is 13.8. The number of guanidine groups is 1. The first-order valence-electron chi connectivity index (χ1n) is 7.94. The molecule has 0 bridgehead atoms. The molecular formula is C17H27N3O2. The van der Waals surface area contributed by atoms with Gasteiger partial charge in [0.1, 0.15) is 6.10 Å². The average Bonchev–Trinajstić information content (AvgIpc) is 2.53. The number of piperidine rings is 1. The van der Waals surface area contributed by atoms with Crippen LogP contribution in [0.3, 0.4) is 0 Å². The Morgan fingerprint density at radius 1 is 1.41 bits per heavy atom. The fourth-order valence-corrected chi connectivity index (χ4v) is 2.69. The molecule has 0 aromatic heterocycles. The molecule has 1 aliphatic heterocycles. The van der Waals surface area contributed by atoms with E-state index in [9.17, 15) is 0 Å². The number of hydrogen-bond donors (Lipinski definition) is 1. The van der Waals surface area contributed by atoms with Gasteiger partial charge in [-0.25, -0.2) is 4.99 Å². The van der Waals surface area contributed by atoms with E-state index in [1.165, 1.54) is 12.8 Å². The first-order valence-corrected chi connectivity index (χ1v) is 7.94. The number of benzene rings is 1. The van der Waals surface area contributed by atoms with Gasteiger partial charge in [-0.1, -0.05) is 19.1 Å². The third-order valence-corrected chi connectivity index (χ3v) is 3.89. The Morgan fingerprint density at radius 3 is 2.82 bits per heavy atom. The van der Waals surface area contributed by atoms with Crippen LogP contribution >= 0.6 is 0 Å². The van der Waals surface area contributed by atoms with Gasteiger partial charge in [0.05, 0.1) is 13.7 Å². The van der Waals surface area contributed by atoms with Crippen molar-refractivity contribution >= 4 is 5.96 Å². The lowest BCUT2D eigenvalue weighted by molar-refractivity contribution is 0.217. The predicted molar refractivity (Wildman–Crippen MR) is 89.5 cm³/mol. The largest absolute Gasteiger partial charge is 0.493 e. The standard InChI is InChI=1S/C17H27N3O2/c1-13-7-6-10-20(12-13)17(18)19-11-14(2)22-16-9-5-4-8-15(16)21-3/h4-5,8-9,13-14H,6-7,10-12H2,1-3H3,(H2,18,19). The number of rotatable bonds is 5. The van der Waals surface area contributed by atoms with Gasteiger partial charge in [-0.3, -0.25) is 0 Å². The molecule has 0 spiro atoms. The molecular weight excluding hydrogens is 278 g/mol. The van der Waals surface area contributed by atoms with Crippen LogP contribution in [0.5, 0.6) is 11.5 Å². The molecule has 0 saturated carbocycles. The van der Waals surface area contributed by atoms with Crippen LogP contribution in [0.1, 0.15) is 26.7 Å². The molecule has 0 radical (unpaired) electrons. The van der Waals surface area contributed by atoms with Gasteiger partial charge >= 0.3 is 0 Å². The molecule has 5 nitrogen and oxygen atoms in total. The minimum Gasteiger partial charge on any atom is -0.493 e. The second-order valence-corrected chi connectivity index (χ2v) is 5.97. The lowest BCUT2D eigenvalue weighted by Crippen LogP contribution is -2.43. The van der Waals surface area contributed by atoms with E-state index in [1.807, 2.05) is 31.2 Å². The number of methoxy groups -OCH3 is 1. The molecule has 5 heteroatoms. The summed E-state index contributed by atoms with van der Waals surface area (Å²) >= 11 is 0. The summed E-state index contributed by atoms with van der Waals surface area (Å²) in [6.07, 6.45) is 2.40. The molecule has 2 N–H and O–H groups in total. The zero-order valence-electron chi connectivity index (χ0n) is 13.8. The summed E-state index contributed by atoms with van der Waals surface area (Å²) < 4.78 is 11.2. The lowest BCUT2D eigenvalue weighted by Gasteiger charge is -2.31. The minimum atomic E-state index is -0.0583. The van der Waals surface area contributed by atoms with E-state index in [0.29, 0.717) is 18.4 Å². The van der Waals surface area contributed by atoms with Gasteiger partial charge in [0.2, 0.25) is 0 Å². The van der Waals surface area contributed by atoms with Crippen molar-refractivity contribution in [1.29, 1.82) is 0 Å². The van der Waals surface area contributed by atoms with Crippen molar-refractivity contribution in [2.75, 3.05) is 26.7 Å². The molecule has 22 heavy (non-hydrogen) atoms. The second kappa shape index (κ2) is 7.92. The monoisotopic (exact) mass is 305 g/mol. The Bertz CT molecular complexity index is 504. The van der Waals surface area contributed by atoms with E-state index in [4.69, 9.17) is 15.2 Å². The van der Waals surface area contributed by atoms with Crippen molar-refractivity contribution < 1.29 is 9.47 Å². The van der Waals surface area contributed by atoms with Crippen LogP contribution in [0, 0.1) is 5.92 Å². The highest BCUT2D eigenvalue weighted by Gasteiger charge is 2.18. The van der Waals surface area contributed by atoms with Crippen molar-refractivity contribution in [3.63, 3.8) is 0 Å². The molecule has 1 aliphatic rings. The third kappa shape index (κ3) is 4.55. The molecule has 1 saturated heterocycles. The van der Waals surface area contributed by atoms with Gasteiger partial charge in [0, 0.05) is 13.1 Å². The SMILES string of the molecule is COc1ccccc1OC(C)CN=C(N)N1CCCC(C)C1. The maximum absolute atomic E-state index is 6.10. The molecule has 1 fully saturated rings. The summed E-state index contributed by atoms with van der Waals surface area (Å²) in [6, 6.07) is 7.63. The van der Waals surface area contributed by atoms with E-state index >= 15 is 0 Å². The lowest BCUT2D eigenvalue weighted by atomic mass is 10.0. The number of nitrogens with zero attached hydrogens (tertiary/aromatic N) is 2. The van der Waals surface area contributed by atoms with Crippen LogP contribution in [0.25, 0.3) is 0 Å². The van der Waals surface area contributed by atoms with E-state index in [2.05, 4.69) is 16.8 Å². The quantitative estimate of drug-likeness (QED) is 0.671. The first kappa shape index (κ1) is 16.5. The van der Waals surface area contributed by atoms with Crippen LogP contribution in [-0.2, 0) is 0 Å². The molecule has 2 unspecified atom stereocenters. The fraction of sp³-hybridized carbons (Fsp3) is 0.588. The molecule has 1 aromatic rings. The van der Waals surface area contributed by atoms with Gasteiger partial charge in [-0.05, 0) is 37.8 Å². The van der Waals surface area contributed by atoms with Gasteiger partial charge < -0.3 is 20.1 Å². The van der Waals surface area contributed by atoms with Gasteiger partial charge in [0.25, 0.3) is 0 Å². The highest BCUT2D eigenvalue weighted by Crippen LogP contribution is 2.26. The Kier molecular flexibility index (Phi) is 5.92. The Balaban J connectivity index is 1.88. The number of aliphatic imine (C=N–C) groups is 1.